The molecule has 0 radical (unpaired) electrons. The van der Waals surface area contributed by atoms with Gasteiger partial charge in [0, 0.05) is 10.9 Å². The molecule has 3 aromatic carbocycles. The molecule has 8 nitrogen and oxygen atoms in total. The second kappa shape index (κ2) is 15.1. The van der Waals surface area contributed by atoms with Crippen molar-refractivity contribution in [3.05, 3.63) is 92.4 Å². The molecule has 38 heavy (non-hydrogen) atoms. The number of rotatable bonds is 12. The average molecular weight is 647 g/mol. The summed E-state index contributed by atoms with van der Waals surface area (Å²) in [5.41, 5.74) is 5.08. The molecule has 1 atom stereocenters. The Morgan fingerprint density at radius 2 is 1.68 bits per heavy atom. The van der Waals surface area contributed by atoms with Gasteiger partial charge in [0.2, 0.25) is 0 Å². The second-order valence-electron chi connectivity index (χ2n) is 8.02. The van der Waals surface area contributed by atoms with Crippen molar-refractivity contribution in [1.29, 1.82) is 0 Å². The molecule has 200 valence electrons. The standard InChI is InChI=1S/C28H29Br2N3O5/c1-3-36-25-16-21(14-23(30)26(25)38-18-20-10-12-22(29)13-11-20)17-31-33-27(34)24(32-28(35)37-4-2)15-19-8-6-5-7-9-19/h5-14,16-17,24H,3-4,15,18H2,1-2H3,(H,32,35)(H,33,34)/b31-17-/t24-/m1/s1. The molecule has 0 heterocycles. The monoisotopic (exact) mass is 645 g/mol. The predicted octanol–water partition coefficient (Wildman–Crippen LogP) is 6.00. The fraction of sp³-hybridized carbons (Fsp3) is 0.250. The highest BCUT2D eigenvalue weighted by Crippen LogP contribution is 2.37. The smallest absolute Gasteiger partial charge is 0.407 e. The van der Waals surface area contributed by atoms with Gasteiger partial charge in [0.05, 0.1) is 23.9 Å². The molecule has 0 aliphatic carbocycles. The quantitative estimate of drug-likeness (QED) is 0.186. The number of halogens is 2. The molecule has 0 aliphatic rings. The fourth-order valence-electron chi connectivity index (χ4n) is 3.42. The van der Waals surface area contributed by atoms with Crippen LogP contribution in [0.4, 0.5) is 4.79 Å². The van der Waals surface area contributed by atoms with E-state index in [-0.39, 0.29) is 13.0 Å². The molecule has 10 heteroatoms. The third-order valence-electron chi connectivity index (χ3n) is 5.18. The lowest BCUT2D eigenvalue weighted by Crippen LogP contribution is -2.47. The number of nitrogens with zero attached hydrogens (tertiary/aromatic N) is 1. The molecular formula is C28H29Br2N3O5. The van der Waals surface area contributed by atoms with Gasteiger partial charge in [-0.25, -0.2) is 10.2 Å². The minimum absolute atomic E-state index is 0.198. The van der Waals surface area contributed by atoms with E-state index in [1.807, 2.05) is 67.6 Å². The highest BCUT2D eigenvalue weighted by atomic mass is 79.9. The third kappa shape index (κ3) is 9.18. The van der Waals surface area contributed by atoms with E-state index < -0.39 is 18.0 Å². The number of ether oxygens (including phenoxy) is 3. The molecule has 0 unspecified atom stereocenters. The lowest BCUT2D eigenvalue weighted by molar-refractivity contribution is -0.123. The van der Waals surface area contributed by atoms with E-state index in [0.717, 1.165) is 15.6 Å². The first-order valence-electron chi connectivity index (χ1n) is 12.0. The Balaban J connectivity index is 1.70. The van der Waals surface area contributed by atoms with Gasteiger partial charge < -0.3 is 19.5 Å². The van der Waals surface area contributed by atoms with Gasteiger partial charge in [-0.3, -0.25) is 4.79 Å². The normalized spacial score (nSPS) is 11.6. The van der Waals surface area contributed by atoms with Gasteiger partial charge in [-0.05, 0) is 70.7 Å². The Bertz CT molecular complexity index is 1240. The van der Waals surface area contributed by atoms with E-state index in [0.29, 0.717) is 34.7 Å². The van der Waals surface area contributed by atoms with Crippen LogP contribution in [0.15, 0.2) is 80.8 Å². The summed E-state index contributed by atoms with van der Waals surface area (Å²) in [6, 6.07) is 20.0. The largest absolute Gasteiger partial charge is 0.490 e. The lowest BCUT2D eigenvalue weighted by Gasteiger charge is -2.17. The van der Waals surface area contributed by atoms with Crippen LogP contribution in [0, 0.1) is 0 Å². The molecule has 2 N–H and O–H groups in total. The van der Waals surface area contributed by atoms with Crippen molar-refractivity contribution in [2.45, 2.75) is 32.9 Å². The zero-order valence-electron chi connectivity index (χ0n) is 21.1. The Labute approximate surface area is 239 Å². The molecule has 0 saturated carbocycles. The highest BCUT2D eigenvalue weighted by molar-refractivity contribution is 9.10. The van der Waals surface area contributed by atoms with Crippen molar-refractivity contribution in [2.24, 2.45) is 5.10 Å². The Hall–Kier alpha value is -3.37. The molecule has 0 saturated heterocycles. The summed E-state index contributed by atoms with van der Waals surface area (Å²) in [4.78, 5) is 24.8. The highest BCUT2D eigenvalue weighted by Gasteiger charge is 2.21. The maximum absolute atomic E-state index is 12.9. The maximum Gasteiger partial charge on any atom is 0.407 e. The molecule has 0 bridgehead atoms. The number of nitrogens with one attached hydrogen (secondary N) is 2. The van der Waals surface area contributed by atoms with Crippen molar-refractivity contribution >= 4 is 50.1 Å². The van der Waals surface area contributed by atoms with E-state index in [4.69, 9.17) is 14.2 Å². The summed E-state index contributed by atoms with van der Waals surface area (Å²) in [6.45, 7) is 4.59. The number of hydrazone groups is 1. The number of carbonyl (C=O) groups excluding carboxylic acids is 2. The minimum Gasteiger partial charge on any atom is -0.490 e. The Morgan fingerprint density at radius 3 is 2.37 bits per heavy atom. The van der Waals surface area contributed by atoms with Gasteiger partial charge in [-0.2, -0.15) is 5.10 Å². The van der Waals surface area contributed by atoms with Gasteiger partial charge in [-0.1, -0.05) is 58.4 Å². The van der Waals surface area contributed by atoms with E-state index in [9.17, 15) is 9.59 Å². The number of hydrogen-bond donors (Lipinski definition) is 2. The van der Waals surface area contributed by atoms with Crippen molar-refractivity contribution < 1.29 is 23.8 Å². The average Bonchev–Trinajstić information content (AvgIpc) is 2.90. The summed E-state index contributed by atoms with van der Waals surface area (Å²) >= 11 is 6.98. The van der Waals surface area contributed by atoms with Crippen LogP contribution in [0.2, 0.25) is 0 Å². The van der Waals surface area contributed by atoms with Crippen LogP contribution in [0.25, 0.3) is 0 Å². The van der Waals surface area contributed by atoms with Crippen LogP contribution in [0.5, 0.6) is 11.5 Å². The van der Waals surface area contributed by atoms with E-state index in [1.165, 1.54) is 6.21 Å². The number of carbonyl (C=O) groups is 2. The zero-order chi connectivity index (χ0) is 27.3. The fourth-order valence-corrected chi connectivity index (χ4v) is 4.26. The first-order valence-corrected chi connectivity index (χ1v) is 13.6. The molecule has 2 amide bonds. The number of alkyl carbamates (subject to hydrolysis) is 1. The number of hydrogen-bond acceptors (Lipinski definition) is 6. The minimum atomic E-state index is -0.867. The topological polar surface area (TPSA) is 98.2 Å². The van der Waals surface area contributed by atoms with E-state index in [2.05, 4.69) is 47.7 Å². The number of amides is 2. The Kier molecular flexibility index (Phi) is 11.6. The van der Waals surface area contributed by atoms with Crippen LogP contribution >= 0.6 is 31.9 Å². The molecule has 0 aliphatic heterocycles. The SMILES string of the molecule is CCOC(=O)N[C@H](Cc1ccccc1)C(=O)N/N=C\c1cc(Br)c(OCc2ccc(Br)cc2)c(OCC)c1. The van der Waals surface area contributed by atoms with Crippen LogP contribution in [0.3, 0.4) is 0 Å². The van der Waals surface area contributed by atoms with Gasteiger partial charge in [0.1, 0.15) is 12.6 Å². The van der Waals surface area contributed by atoms with Gasteiger partial charge in [-0.15, -0.1) is 0 Å². The van der Waals surface area contributed by atoms with E-state index >= 15 is 0 Å². The lowest BCUT2D eigenvalue weighted by atomic mass is 10.1. The summed E-state index contributed by atoms with van der Waals surface area (Å²) < 4.78 is 18.5. The van der Waals surface area contributed by atoms with Gasteiger partial charge in [0.25, 0.3) is 5.91 Å². The van der Waals surface area contributed by atoms with Crippen LogP contribution in [-0.2, 0) is 22.6 Å². The molecule has 3 rings (SSSR count). The summed E-state index contributed by atoms with van der Waals surface area (Å²) in [5.74, 6) is 0.631. The maximum atomic E-state index is 12.9. The molecular weight excluding hydrogens is 618 g/mol. The van der Waals surface area contributed by atoms with Crippen molar-refractivity contribution in [3.8, 4) is 11.5 Å². The van der Waals surface area contributed by atoms with Crippen LogP contribution < -0.4 is 20.2 Å². The molecule has 0 fully saturated rings. The van der Waals surface area contributed by atoms with Crippen molar-refractivity contribution in [3.63, 3.8) is 0 Å². The summed E-state index contributed by atoms with van der Waals surface area (Å²) in [6.07, 6.45) is 1.11. The van der Waals surface area contributed by atoms with Gasteiger partial charge in [0.15, 0.2) is 11.5 Å². The zero-order valence-corrected chi connectivity index (χ0v) is 24.3. The van der Waals surface area contributed by atoms with Crippen LogP contribution in [0.1, 0.15) is 30.5 Å². The molecule has 3 aromatic rings. The summed E-state index contributed by atoms with van der Waals surface area (Å²) in [5, 5.41) is 6.69. The van der Waals surface area contributed by atoms with Gasteiger partial charge >= 0.3 is 6.09 Å². The van der Waals surface area contributed by atoms with Crippen LogP contribution in [-0.4, -0.2) is 37.5 Å². The van der Waals surface area contributed by atoms with Crippen molar-refractivity contribution in [2.75, 3.05) is 13.2 Å². The first-order chi connectivity index (χ1) is 18.4. The summed E-state index contributed by atoms with van der Waals surface area (Å²) in [7, 11) is 0. The van der Waals surface area contributed by atoms with Crippen molar-refractivity contribution in [1.82, 2.24) is 10.7 Å². The second-order valence-corrected chi connectivity index (χ2v) is 9.79. The number of benzene rings is 3. The predicted molar refractivity (Wildman–Crippen MR) is 154 cm³/mol. The molecule has 0 spiro atoms. The Morgan fingerprint density at radius 1 is 0.947 bits per heavy atom. The third-order valence-corrected chi connectivity index (χ3v) is 6.30. The molecule has 0 aromatic heterocycles. The van der Waals surface area contributed by atoms with E-state index in [1.54, 1.807) is 13.0 Å². The first kappa shape index (κ1) is 29.2.